The third kappa shape index (κ3) is 6.60. The van der Waals surface area contributed by atoms with E-state index >= 15 is 0 Å². The van der Waals surface area contributed by atoms with Gasteiger partial charge in [0.25, 0.3) is 0 Å². The molecule has 0 fully saturated rings. The first-order valence-corrected chi connectivity index (χ1v) is 21.8. The molecular formula is C60H47N5O. The predicted octanol–water partition coefficient (Wildman–Crippen LogP) is 15.8. The van der Waals surface area contributed by atoms with Crippen LogP contribution in [0.1, 0.15) is 40.0 Å². The van der Waals surface area contributed by atoms with Crippen molar-refractivity contribution in [2.24, 2.45) is 0 Å². The summed E-state index contributed by atoms with van der Waals surface area (Å²) in [6.07, 6.45) is 1.87. The smallest absolute Gasteiger partial charge is 0.137 e. The molecule has 0 bridgehead atoms. The summed E-state index contributed by atoms with van der Waals surface area (Å²) < 4.78 is 98.9. The standard InChI is InChI=1S/C60H47N5O/c1-60(2,3)43-35-36-61-56(37-43)65-55-39-47(33-34-51(55)58-59(65)50-27-13-14-30-52(50)64(58)44-23-11-6-12-24-44)66-46-26-17-25-45(38-46)62-40-63(54-32-16-15-31-53(54)62)57-48(41-19-7-4-8-20-41)28-18-29-49(57)42-21-9-5-10-22-42/h4-39H,40H2,1-3H3/i4D,5D,7D,8D,9D,10D,19D,20D,21D,22D. The zero-order chi connectivity index (χ0) is 53.1. The van der Waals surface area contributed by atoms with Crippen LogP contribution in [0.25, 0.3) is 66.6 Å². The van der Waals surface area contributed by atoms with Crippen LogP contribution in [0.5, 0.6) is 11.5 Å². The summed E-state index contributed by atoms with van der Waals surface area (Å²) in [4.78, 5) is 8.95. The normalized spacial score (nSPS) is 14.8. The van der Waals surface area contributed by atoms with Crippen molar-refractivity contribution in [3.05, 3.63) is 224 Å². The van der Waals surface area contributed by atoms with Crippen LogP contribution in [0.2, 0.25) is 0 Å². The fraction of sp³-hybridized carbons (Fsp3) is 0.0833. The quantitative estimate of drug-likeness (QED) is 0.153. The number of fused-ring (bicyclic) bond motifs is 6. The van der Waals surface area contributed by atoms with Crippen LogP contribution < -0.4 is 14.5 Å². The van der Waals surface area contributed by atoms with Gasteiger partial charge >= 0.3 is 0 Å². The van der Waals surface area contributed by atoms with Gasteiger partial charge < -0.3 is 19.1 Å². The third-order valence-corrected chi connectivity index (χ3v) is 12.3. The topological polar surface area (TPSA) is 38.5 Å². The number of benzene rings is 8. The molecule has 0 aliphatic carbocycles. The van der Waals surface area contributed by atoms with E-state index in [1.807, 2.05) is 83.9 Å². The summed E-state index contributed by atoms with van der Waals surface area (Å²) >= 11 is 0. The Labute approximate surface area is 398 Å². The molecule has 0 atom stereocenters. The van der Waals surface area contributed by atoms with E-state index in [0.29, 0.717) is 22.9 Å². The van der Waals surface area contributed by atoms with Gasteiger partial charge in [0.15, 0.2) is 0 Å². The minimum Gasteiger partial charge on any atom is -0.457 e. The van der Waals surface area contributed by atoms with Gasteiger partial charge in [-0.2, -0.15) is 0 Å². The highest BCUT2D eigenvalue weighted by atomic mass is 16.5. The molecule has 6 heteroatoms. The van der Waals surface area contributed by atoms with Crippen LogP contribution in [0.15, 0.2) is 218 Å². The van der Waals surface area contributed by atoms with E-state index in [2.05, 4.69) is 95.5 Å². The molecule has 0 N–H and O–H groups in total. The molecule has 11 aromatic rings. The summed E-state index contributed by atoms with van der Waals surface area (Å²) in [6.45, 7) is 6.69. The van der Waals surface area contributed by atoms with E-state index in [0.717, 1.165) is 61.3 Å². The van der Waals surface area contributed by atoms with Gasteiger partial charge in [0.05, 0.1) is 52.8 Å². The van der Waals surface area contributed by atoms with E-state index in [1.165, 1.54) is 0 Å². The average molecular weight is 864 g/mol. The van der Waals surface area contributed by atoms with Gasteiger partial charge in [-0.3, -0.25) is 4.57 Å². The molecule has 12 rings (SSSR count). The first-order chi connectivity index (χ1) is 36.5. The van der Waals surface area contributed by atoms with Crippen molar-refractivity contribution in [1.82, 2.24) is 14.1 Å². The second-order valence-corrected chi connectivity index (χ2v) is 17.3. The van der Waals surface area contributed by atoms with E-state index < -0.39 is 60.4 Å². The van der Waals surface area contributed by atoms with Crippen LogP contribution in [0.4, 0.5) is 22.7 Å². The van der Waals surface area contributed by atoms with E-state index in [4.69, 9.17) is 23.4 Å². The molecule has 1 aliphatic heterocycles. The number of nitrogens with zero attached hydrogens (tertiary/aromatic N) is 5. The van der Waals surface area contributed by atoms with Gasteiger partial charge in [0.1, 0.15) is 24.0 Å². The minimum atomic E-state index is -0.553. The molecule has 4 heterocycles. The number of aromatic nitrogens is 3. The number of ether oxygens (including phenoxy) is 1. The maximum absolute atomic E-state index is 9.08. The average Bonchev–Trinajstić information content (AvgIpc) is 4.23. The van der Waals surface area contributed by atoms with E-state index in [-0.39, 0.29) is 34.3 Å². The number of anilines is 4. The lowest BCUT2D eigenvalue weighted by Crippen LogP contribution is -2.24. The third-order valence-electron chi connectivity index (χ3n) is 12.3. The number of rotatable bonds is 8. The second-order valence-electron chi connectivity index (χ2n) is 17.3. The van der Waals surface area contributed by atoms with Gasteiger partial charge in [-0.25, -0.2) is 4.98 Å². The first-order valence-electron chi connectivity index (χ1n) is 26.8. The highest BCUT2D eigenvalue weighted by molar-refractivity contribution is 6.20. The van der Waals surface area contributed by atoms with Crippen molar-refractivity contribution in [1.29, 1.82) is 0 Å². The van der Waals surface area contributed by atoms with Crippen molar-refractivity contribution in [3.8, 4) is 45.3 Å². The zero-order valence-corrected chi connectivity index (χ0v) is 36.4. The first kappa shape index (κ1) is 29.9. The Balaban J connectivity index is 0.997. The monoisotopic (exact) mass is 863 g/mol. The molecule has 6 nitrogen and oxygen atoms in total. The predicted molar refractivity (Wildman–Crippen MR) is 274 cm³/mol. The van der Waals surface area contributed by atoms with E-state index in [9.17, 15) is 0 Å². The Hall–Kier alpha value is -8.35. The molecule has 0 saturated carbocycles. The molecular weight excluding hydrogens is 807 g/mol. The SMILES string of the molecule is [2H]c1c([2H])c([2H])c(-c2cccc(-c3c([2H])c([2H])c([2H])c([2H])c3[2H])c2N2CN(c3cccc(Oc4ccc5c(c4)n(-c4cc(C(C)(C)C)ccn4)c4c6ccccc6n(-c6ccccc6)c54)c3)c3ccccc32)c([2H])c1[2H]. The van der Waals surface area contributed by atoms with Crippen LogP contribution in [-0.4, -0.2) is 20.8 Å². The lowest BCUT2D eigenvalue weighted by atomic mass is 9.88. The molecule has 318 valence electrons. The maximum atomic E-state index is 9.08. The second kappa shape index (κ2) is 15.7. The Morgan fingerprint density at radius 2 is 1.12 bits per heavy atom. The molecule has 0 radical (unpaired) electrons. The van der Waals surface area contributed by atoms with Gasteiger partial charge in [0.2, 0.25) is 0 Å². The zero-order valence-electron chi connectivity index (χ0n) is 46.4. The van der Waals surface area contributed by atoms with Crippen LogP contribution >= 0.6 is 0 Å². The van der Waals surface area contributed by atoms with Crippen LogP contribution in [0.3, 0.4) is 0 Å². The van der Waals surface area contributed by atoms with Crippen molar-refractivity contribution in [2.75, 3.05) is 16.5 Å². The van der Waals surface area contributed by atoms with Crippen molar-refractivity contribution < 1.29 is 18.4 Å². The molecule has 0 amide bonds. The lowest BCUT2D eigenvalue weighted by molar-refractivity contribution is 0.483. The number of para-hydroxylation sites is 5. The molecule has 0 saturated heterocycles. The van der Waals surface area contributed by atoms with Crippen molar-refractivity contribution >= 4 is 55.6 Å². The molecule has 0 unspecified atom stereocenters. The Morgan fingerprint density at radius 1 is 0.515 bits per heavy atom. The molecule has 8 aromatic carbocycles. The number of hydrogen-bond donors (Lipinski definition) is 0. The lowest BCUT2D eigenvalue weighted by Gasteiger charge is -2.27. The number of pyridine rings is 1. The number of hydrogen-bond acceptors (Lipinski definition) is 4. The fourth-order valence-corrected chi connectivity index (χ4v) is 9.35. The van der Waals surface area contributed by atoms with Crippen LogP contribution in [0, 0.1) is 0 Å². The fourth-order valence-electron chi connectivity index (χ4n) is 9.35. The maximum Gasteiger partial charge on any atom is 0.137 e. The molecule has 66 heavy (non-hydrogen) atoms. The Bertz CT molecular complexity index is 4060. The molecule has 1 aliphatic rings. The minimum absolute atomic E-state index is 0.0930. The molecule has 3 aromatic heterocycles. The summed E-state index contributed by atoms with van der Waals surface area (Å²) in [5.74, 6) is 1.91. The van der Waals surface area contributed by atoms with Gasteiger partial charge in [-0.1, -0.05) is 154 Å². The highest BCUT2D eigenvalue weighted by Gasteiger charge is 2.32. The highest BCUT2D eigenvalue weighted by Crippen LogP contribution is 2.50. The summed E-state index contributed by atoms with van der Waals surface area (Å²) in [7, 11) is 0. The summed E-state index contributed by atoms with van der Waals surface area (Å²) in [5.41, 5.74) is 8.78. The molecule has 0 spiro atoms. The van der Waals surface area contributed by atoms with Gasteiger partial charge in [0, 0.05) is 51.6 Å². The van der Waals surface area contributed by atoms with Crippen molar-refractivity contribution in [3.63, 3.8) is 0 Å². The van der Waals surface area contributed by atoms with Gasteiger partial charge in [-0.05, 0) is 88.8 Å². The Morgan fingerprint density at radius 3 is 1.85 bits per heavy atom. The largest absolute Gasteiger partial charge is 0.457 e. The Kier molecular flexibility index (Phi) is 7.12. The summed E-state index contributed by atoms with van der Waals surface area (Å²) in [5, 5.41) is 2.09. The van der Waals surface area contributed by atoms with Crippen molar-refractivity contribution in [2.45, 2.75) is 26.2 Å². The van der Waals surface area contributed by atoms with Gasteiger partial charge in [-0.15, -0.1) is 0 Å². The van der Waals surface area contributed by atoms with Crippen LogP contribution in [-0.2, 0) is 5.41 Å². The van der Waals surface area contributed by atoms with E-state index in [1.54, 1.807) is 18.2 Å². The summed E-state index contributed by atoms with van der Waals surface area (Å²) in [6, 6.07) is 44.3.